The molecule has 0 aliphatic carbocycles. The van der Waals surface area contributed by atoms with Crippen LogP contribution in [0.15, 0.2) is 36.0 Å². The Bertz CT molecular complexity index is 634. The van der Waals surface area contributed by atoms with Crippen molar-refractivity contribution in [1.82, 2.24) is 20.4 Å². The number of halogens is 1. The number of thiophene rings is 1. The van der Waals surface area contributed by atoms with Crippen LogP contribution in [-0.4, -0.2) is 35.3 Å². The summed E-state index contributed by atoms with van der Waals surface area (Å²) in [6.07, 6.45) is 5.17. The van der Waals surface area contributed by atoms with E-state index in [1.54, 1.807) is 17.5 Å². The molecule has 0 bridgehead atoms. The van der Waals surface area contributed by atoms with Crippen LogP contribution in [0.4, 0.5) is 0 Å². The van der Waals surface area contributed by atoms with Gasteiger partial charge in [-0.3, -0.25) is 9.48 Å². The van der Waals surface area contributed by atoms with Gasteiger partial charge in [0.05, 0.1) is 0 Å². The summed E-state index contributed by atoms with van der Waals surface area (Å²) in [5.74, 6) is 0.0762. The number of nitrogens with one attached hydrogen (secondary N) is 2. The largest absolute Gasteiger partial charge is 0.353 e. The van der Waals surface area contributed by atoms with E-state index >= 15 is 0 Å². The first kappa shape index (κ1) is 19.0. The highest BCUT2D eigenvalue weighted by Crippen LogP contribution is 2.29. The van der Waals surface area contributed by atoms with E-state index in [0.29, 0.717) is 6.54 Å². The van der Waals surface area contributed by atoms with E-state index in [4.69, 9.17) is 0 Å². The molecule has 0 aromatic carbocycles. The van der Waals surface area contributed by atoms with Gasteiger partial charge in [-0.1, -0.05) is 19.9 Å². The summed E-state index contributed by atoms with van der Waals surface area (Å²) in [7, 11) is 0. The zero-order valence-electron chi connectivity index (χ0n) is 14.1. The lowest BCUT2D eigenvalue weighted by Gasteiger charge is -2.37. The molecule has 2 aromatic heterocycles. The second-order valence-corrected chi connectivity index (χ2v) is 7.72. The number of piperidine rings is 1. The molecule has 0 saturated carbocycles. The number of nitrogens with zero attached hydrogens (tertiary/aromatic N) is 2. The third-order valence-electron chi connectivity index (χ3n) is 4.68. The number of aromatic nitrogens is 2. The minimum absolute atomic E-state index is 0. The maximum Gasteiger partial charge on any atom is 0.248 e. The van der Waals surface area contributed by atoms with Gasteiger partial charge >= 0.3 is 0 Å². The van der Waals surface area contributed by atoms with Crippen molar-refractivity contribution in [1.29, 1.82) is 0 Å². The smallest absolute Gasteiger partial charge is 0.248 e. The van der Waals surface area contributed by atoms with Gasteiger partial charge in [0.25, 0.3) is 0 Å². The van der Waals surface area contributed by atoms with Crippen molar-refractivity contribution in [3.05, 3.63) is 40.8 Å². The van der Waals surface area contributed by atoms with Crippen LogP contribution in [-0.2, 0) is 15.7 Å². The average molecular weight is 369 g/mol. The summed E-state index contributed by atoms with van der Waals surface area (Å²) >= 11 is 1.74. The van der Waals surface area contributed by atoms with Crippen LogP contribution >= 0.6 is 23.7 Å². The zero-order chi connectivity index (χ0) is 16.3. The van der Waals surface area contributed by atoms with Gasteiger partial charge in [0.15, 0.2) is 0 Å². The molecule has 0 radical (unpaired) electrons. The summed E-state index contributed by atoms with van der Waals surface area (Å²) in [5.41, 5.74) is -0.637. The van der Waals surface area contributed by atoms with Gasteiger partial charge in [0, 0.05) is 29.2 Å². The standard InChI is InChI=1S/C17H24N4OS.ClH/c1-16(2,14-5-3-12-23-14)13-19-15(22)17(6-9-18-10-7-17)21-11-4-8-20-21;/h3-5,8,11-12,18H,6-7,9-10,13H2,1-2H3,(H,19,22);1H. The van der Waals surface area contributed by atoms with Crippen LogP contribution in [0.3, 0.4) is 0 Å². The maximum absolute atomic E-state index is 13.0. The molecule has 3 rings (SSSR count). The lowest BCUT2D eigenvalue weighted by molar-refractivity contribution is -0.132. The predicted molar refractivity (Wildman–Crippen MR) is 99.9 cm³/mol. The van der Waals surface area contributed by atoms with Crippen molar-refractivity contribution >= 4 is 29.7 Å². The van der Waals surface area contributed by atoms with Crippen molar-refractivity contribution in [2.24, 2.45) is 0 Å². The molecule has 1 aliphatic rings. The molecule has 1 amide bonds. The molecule has 1 aliphatic heterocycles. The fraction of sp³-hybridized carbons (Fsp3) is 0.529. The summed E-state index contributed by atoms with van der Waals surface area (Å²) in [5, 5.41) is 13.0. The number of hydrogen-bond donors (Lipinski definition) is 2. The third kappa shape index (κ3) is 3.66. The first-order valence-corrected chi connectivity index (χ1v) is 8.96. The Morgan fingerprint density at radius 3 is 2.75 bits per heavy atom. The van der Waals surface area contributed by atoms with Crippen molar-refractivity contribution < 1.29 is 4.79 Å². The summed E-state index contributed by atoms with van der Waals surface area (Å²) < 4.78 is 1.83. The molecule has 1 saturated heterocycles. The lowest BCUT2D eigenvalue weighted by Crippen LogP contribution is -2.56. The molecule has 132 valence electrons. The van der Waals surface area contributed by atoms with Crippen LogP contribution in [0, 0.1) is 0 Å². The van der Waals surface area contributed by atoms with Crippen molar-refractivity contribution in [2.45, 2.75) is 37.6 Å². The number of carbonyl (C=O) groups is 1. The Labute approximate surface area is 153 Å². The highest BCUT2D eigenvalue weighted by molar-refractivity contribution is 7.10. The predicted octanol–water partition coefficient (Wildman–Crippen LogP) is 2.54. The summed E-state index contributed by atoms with van der Waals surface area (Å²) in [6.45, 7) is 6.64. The SMILES string of the molecule is CC(C)(CNC(=O)C1(n2cccn2)CCNCC1)c1cccs1.Cl. The van der Waals surface area contributed by atoms with Gasteiger partial charge in [0.2, 0.25) is 5.91 Å². The van der Waals surface area contributed by atoms with Crippen LogP contribution < -0.4 is 10.6 Å². The molecule has 3 heterocycles. The van der Waals surface area contributed by atoms with E-state index in [1.807, 2.05) is 16.9 Å². The highest BCUT2D eigenvalue weighted by atomic mass is 35.5. The van der Waals surface area contributed by atoms with Crippen LogP contribution in [0.25, 0.3) is 0 Å². The number of carbonyl (C=O) groups excluding carboxylic acids is 1. The van der Waals surface area contributed by atoms with Gasteiger partial charge in [-0.2, -0.15) is 5.10 Å². The molecular formula is C17H25ClN4OS. The number of amides is 1. The molecule has 0 atom stereocenters. The molecule has 0 spiro atoms. The van der Waals surface area contributed by atoms with E-state index in [1.165, 1.54) is 4.88 Å². The molecule has 1 fully saturated rings. The number of rotatable bonds is 5. The van der Waals surface area contributed by atoms with E-state index in [0.717, 1.165) is 25.9 Å². The average Bonchev–Trinajstić information content (AvgIpc) is 3.26. The fourth-order valence-electron chi connectivity index (χ4n) is 3.14. The van der Waals surface area contributed by atoms with Gasteiger partial charge in [0.1, 0.15) is 5.54 Å². The van der Waals surface area contributed by atoms with E-state index < -0.39 is 5.54 Å². The first-order valence-electron chi connectivity index (χ1n) is 8.08. The monoisotopic (exact) mass is 368 g/mol. The lowest BCUT2D eigenvalue weighted by atomic mass is 9.86. The van der Waals surface area contributed by atoms with Crippen molar-refractivity contribution in [2.75, 3.05) is 19.6 Å². The van der Waals surface area contributed by atoms with Crippen molar-refractivity contribution in [3.63, 3.8) is 0 Å². The molecule has 7 heteroatoms. The van der Waals surface area contributed by atoms with Gasteiger partial charge in [-0.15, -0.1) is 23.7 Å². The normalized spacial score (nSPS) is 17.1. The van der Waals surface area contributed by atoms with Crippen LogP contribution in [0.2, 0.25) is 0 Å². The molecular weight excluding hydrogens is 344 g/mol. The quantitative estimate of drug-likeness (QED) is 0.852. The first-order chi connectivity index (χ1) is 11.0. The minimum atomic E-state index is -0.569. The van der Waals surface area contributed by atoms with Crippen LogP contribution in [0.1, 0.15) is 31.6 Å². The third-order valence-corrected chi connectivity index (χ3v) is 5.91. The fourth-order valence-corrected chi connectivity index (χ4v) is 3.99. The van der Waals surface area contributed by atoms with Gasteiger partial charge in [-0.25, -0.2) is 0 Å². The highest BCUT2D eigenvalue weighted by Gasteiger charge is 2.42. The molecule has 2 N–H and O–H groups in total. The molecule has 2 aromatic rings. The Hall–Kier alpha value is -1.37. The summed E-state index contributed by atoms with van der Waals surface area (Å²) in [4.78, 5) is 14.3. The van der Waals surface area contributed by atoms with Gasteiger partial charge < -0.3 is 10.6 Å². The Balaban J connectivity index is 0.00000208. The van der Waals surface area contributed by atoms with E-state index in [2.05, 4.69) is 47.1 Å². The second kappa shape index (κ2) is 7.68. The Morgan fingerprint density at radius 2 is 2.17 bits per heavy atom. The minimum Gasteiger partial charge on any atom is -0.353 e. The van der Waals surface area contributed by atoms with Crippen LogP contribution in [0.5, 0.6) is 0 Å². The Kier molecular flexibility index (Phi) is 6.06. The van der Waals surface area contributed by atoms with Gasteiger partial charge in [-0.05, 0) is 43.4 Å². The van der Waals surface area contributed by atoms with E-state index in [-0.39, 0.29) is 23.7 Å². The topological polar surface area (TPSA) is 59.0 Å². The second-order valence-electron chi connectivity index (χ2n) is 6.78. The number of hydrogen-bond acceptors (Lipinski definition) is 4. The molecule has 0 unspecified atom stereocenters. The Morgan fingerprint density at radius 1 is 1.42 bits per heavy atom. The van der Waals surface area contributed by atoms with E-state index in [9.17, 15) is 4.79 Å². The molecule has 5 nitrogen and oxygen atoms in total. The maximum atomic E-state index is 13.0. The molecule has 24 heavy (non-hydrogen) atoms. The van der Waals surface area contributed by atoms with Crippen molar-refractivity contribution in [3.8, 4) is 0 Å². The summed E-state index contributed by atoms with van der Waals surface area (Å²) in [6, 6.07) is 6.07. The zero-order valence-corrected chi connectivity index (χ0v) is 15.8.